The lowest BCUT2D eigenvalue weighted by Gasteiger charge is -2.02. The molecule has 67 valence electrons. The highest BCUT2D eigenvalue weighted by molar-refractivity contribution is 5.64. The van der Waals surface area contributed by atoms with Crippen LogP contribution in [0.15, 0.2) is 18.2 Å². The smallest absolute Gasteiger partial charge is 0.295 e. The van der Waals surface area contributed by atoms with Gasteiger partial charge in [-0.2, -0.15) is 0 Å². The summed E-state index contributed by atoms with van der Waals surface area (Å²) in [7, 11) is 0. The maximum Gasteiger partial charge on any atom is 0.295 e. The van der Waals surface area contributed by atoms with Crippen LogP contribution in [-0.2, 0) is 0 Å². The van der Waals surface area contributed by atoms with E-state index in [1.165, 1.54) is 0 Å². The van der Waals surface area contributed by atoms with E-state index in [2.05, 4.69) is 0 Å². The Balaban J connectivity index is 2.53. The molecule has 13 heavy (non-hydrogen) atoms. The van der Waals surface area contributed by atoms with Crippen molar-refractivity contribution in [3.05, 3.63) is 40.3 Å². The standard InChI is InChI=1S/C9H9N2O2/c10-8-3-1-2-7(6-4-5-6)9(8)11(12)13/h1-4,6H,5,10H2. The zero-order valence-electron chi connectivity index (χ0n) is 6.93. The molecule has 0 saturated heterocycles. The van der Waals surface area contributed by atoms with E-state index < -0.39 is 4.92 Å². The van der Waals surface area contributed by atoms with Gasteiger partial charge in [-0.25, -0.2) is 0 Å². The predicted molar refractivity (Wildman–Crippen MR) is 49.2 cm³/mol. The Morgan fingerprint density at radius 3 is 2.77 bits per heavy atom. The third kappa shape index (κ3) is 1.35. The zero-order chi connectivity index (χ0) is 9.42. The lowest BCUT2D eigenvalue weighted by molar-refractivity contribution is -0.384. The number of hydrogen-bond acceptors (Lipinski definition) is 3. The highest BCUT2D eigenvalue weighted by Gasteiger charge is 2.31. The second kappa shape index (κ2) is 2.73. The quantitative estimate of drug-likeness (QED) is 0.426. The Bertz CT molecular complexity index is 359. The van der Waals surface area contributed by atoms with E-state index in [0.29, 0.717) is 0 Å². The van der Waals surface area contributed by atoms with Gasteiger partial charge in [0.15, 0.2) is 0 Å². The average Bonchev–Trinajstić information content (AvgIpc) is 2.85. The van der Waals surface area contributed by atoms with Gasteiger partial charge >= 0.3 is 0 Å². The van der Waals surface area contributed by atoms with Crippen molar-refractivity contribution >= 4 is 11.4 Å². The second-order valence-corrected chi connectivity index (χ2v) is 3.12. The molecule has 1 radical (unpaired) electrons. The van der Waals surface area contributed by atoms with Crippen molar-refractivity contribution in [1.29, 1.82) is 0 Å². The summed E-state index contributed by atoms with van der Waals surface area (Å²) in [5, 5.41) is 10.7. The van der Waals surface area contributed by atoms with E-state index in [4.69, 9.17) is 5.73 Å². The molecule has 1 atom stereocenters. The molecule has 1 fully saturated rings. The molecule has 0 aliphatic heterocycles. The van der Waals surface area contributed by atoms with Crippen molar-refractivity contribution in [3.8, 4) is 0 Å². The number of benzene rings is 1. The summed E-state index contributed by atoms with van der Waals surface area (Å²) in [6.45, 7) is 0. The van der Waals surface area contributed by atoms with Crippen molar-refractivity contribution in [2.45, 2.75) is 12.3 Å². The molecule has 2 rings (SSSR count). The number of nitro benzene ring substituents is 1. The highest BCUT2D eigenvalue weighted by atomic mass is 16.6. The van der Waals surface area contributed by atoms with Crippen LogP contribution in [0.1, 0.15) is 17.9 Å². The van der Waals surface area contributed by atoms with Crippen LogP contribution in [0, 0.1) is 16.5 Å². The Hall–Kier alpha value is -1.58. The highest BCUT2D eigenvalue weighted by Crippen LogP contribution is 2.44. The van der Waals surface area contributed by atoms with Crippen molar-refractivity contribution < 1.29 is 4.92 Å². The van der Waals surface area contributed by atoms with Crippen molar-refractivity contribution in [3.63, 3.8) is 0 Å². The SMILES string of the molecule is Nc1cccc(C2[CH]C2)c1[N+](=O)[O-]. The second-order valence-electron chi connectivity index (χ2n) is 3.12. The van der Waals surface area contributed by atoms with Crippen molar-refractivity contribution in [2.24, 2.45) is 0 Å². The minimum atomic E-state index is -0.406. The van der Waals surface area contributed by atoms with Gasteiger partial charge < -0.3 is 5.73 Å². The number of rotatable bonds is 2. The molecule has 4 heteroatoms. The van der Waals surface area contributed by atoms with Crippen LogP contribution in [0.5, 0.6) is 0 Å². The summed E-state index contributed by atoms with van der Waals surface area (Å²) >= 11 is 0. The summed E-state index contributed by atoms with van der Waals surface area (Å²) in [5.74, 6) is 0.240. The van der Waals surface area contributed by atoms with E-state index in [1.54, 1.807) is 18.2 Å². The fourth-order valence-corrected chi connectivity index (χ4v) is 1.41. The van der Waals surface area contributed by atoms with E-state index in [9.17, 15) is 10.1 Å². The summed E-state index contributed by atoms with van der Waals surface area (Å²) in [4.78, 5) is 10.3. The number of hydrogen-bond donors (Lipinski definition) is 1. The van der Waals surface area contributed by atoms with Crippen LogP contribution < -0.4 is 5.73 Å². The zero-order valence-corrected chi connectivity index (χ0v) is 6.93. The van der Waals surface area contributed by atoms with Gasteiger partial charge in [0.1, 0.15) is 5.69 Å². The summed E-state index contributed by atoms with van der Waals surface area (Å²) < 4.78 is 0. The molecule has 1 saturated carbocycles. The molecule has 1 aliphatic rings. The minimum absolute atomic E-state index is 0.0706. The van der Waals surface area contributed by atoms with Crippen LogP contribution in [0.3, 0.4) is 0 Å². The average molecular weight is 177 g/mol. The molecule has 1 aliphatic carbocycles. The first-order valence-electron chi connectivity index (χ1n) is 4.06. The third-order valence-electron chi connectivity index (χ3n) is 2.15. The molecule has 1 aromatic rings. The van der Waals surface area contributed by atoms with Crippen molar-refractivity contribution in [2.75, 3.05) is 5.73 Å². The fraction of sp³-hybridized carbons (Fsp3) is 0.222. The first-order chi connectivity index (χ1) is 6.20. The van der Waals surface area contributed by atoms with E-state index in [1.807, 2.05) is 6.42 Å². The van der Waals surface area contributed by atoms with E-state index in [0.717, 1.165) is 12.0 Å². The van der Waals surface area contributed by atoms with Gasteiger partial charge in [0.2, 0.25) is 0 Å². The molecular weight excluding hydrogens is 168 g/mol. The minimum Gasteiger partial charge on any atom is -0.393 e. The molecule has 0 spiro atoms. The number of para-hydroxylation sites is 1. The largest absolute Gasteiger partial charge is 0.393 e. The van der Waals surface area contributed by atoms with Gasteiger partial charge in [0, 0.05) is 5.56 Å². The molecule has 0 heterocycles. The van der Waals surface area contributed by atoms with Gasteiger partial charge in [0.25, 0.3) is 5.69 Å². The Labute approximate surface area is 75.5 Å². The summed E-state index contributed by atoms with van der Waals surface area (Å²) in [6, 6.07) is 5.08. The van der Waals surface area contributed by atoms with Crippen LogP contribution >= 0.6 is 0 Å². The maximum atomic E-state index is 10.7. The molecule has 4 nitrogen and oxygen atoms in total. The summed E-state index contributed by atoms with van der Waals surface area (Å²) in [6.07, 6.45) is 2.95. The number of nitrogens with zero attached hydrogens (tertiary/aromatic N) is 1. The summed E-state index contributed by atoms with van der Waals surface area (Å²) in [5.41, 5.74) is 6.60. The Kier molecular flexibility index (Phi) is 1.69. The van der Waals surface area contributed by atoms with Gasteiger partial charge in [-0.1, -0.05) is 12.1 Å². The first-order valence-corrected chi connectivity index (χ1v) is 4.06. The first kappa shape index (κ1) is 8.04. The molecule has 0 aromatic heterocycles. The molecule has 1 aromatic carbocycles. The molecule has 2 N–H and O–H groups in total. The maximum absolute atomic E-state index is 10.7. The molecule has 1 unspecified atom stereocenters. The monoisotopic (exact) mass is 177 g/mol. The van der Waals surface area contributed by atoms with Crippen molar-refractivity contribution in [1.82, 2.24) is 0 Å². The van der Waals surface area contributed by atoms with Gasteiger partial charge in [0.05, 0.1) is 4.92 Å². The number of anilines is 1. The van der Waals surface area contributed by atoms with Crippen LogP contribution in [0.4, 0.5) is 11.4 Å². The van der Waals surface area contributed by atoms with Crippen LogP contribution in [0.25, 0.3) is 0 Å². The Morgan fingerprint density at radius 1 is 1.54 bits per heavy atom. The third-order valence-corrected chi connectivity index (χ3v) is 2.15. The lowest BCUT2D eigenvalue weighted by atomic mass is 10.1. The van der Waals surface area contributed by atoms with E-state index in [-0.39, 0.29) is 17.3 Å². The van der Waals surface area contributed by atoms with Gasteiger partial charge in [-0.15, -0.1) is 0 Å². The predicted octanol–water partition coefficient (Wildman–Crippen LogP) is 1.87. The van der Waals surface area contributed by atoms with Gasteiger partial charge in [-0.05, 0) is 24.8 Å². The van der Waals surface area contributed by atoms with E-state index >= 15 is 0 Å². The number of nitro groups is 1. The molecule has 0 amide bonds. The lowest BCUT2D eigenvalue weighted by Crippen LogP contribution is -1.99. The topological polar surface area (TPSA) is 69.2 Å². The number of nitrogen functional groups attached to an aromatic ring is 1. The number of nitrogens with two attached hydrogens (primary N) is 1. The Morgan fingerprint density at radius 2 is 2.23 bits per heavy atom. The van der Waals surface area contributed by atoms with Gasteiger partial charge in [-0.3, -0.25) is 10.1 Å². The fourth-order valence-electron chi connectivity index (χ4n) is 1.41. The normalized spacial score (nSPS) is 15.7. The molecular formula is C9H9N2O2. The van der Waals surface area contributed by atoms with Crippen LogP contribution in [-0.4, -0.2) is 4.92 Å². The van der Waals surface area contributed by atoms with Crippen LogP contribution in [0.2, 0.25) is 0 Å². The molecule has 0 bridgehead atoms.